The molecule has 7 nitrogen and oxygen atoms in total. The second-order valence-corrected chi connectivity index (χ2v) is 6.14. The number of hydrogen-bond acceptors (Lipinski definition) is 5. The van der Waals surface area contributed by atoms with Crippen molar-refractivity contribution in [2.24, 2.45) is 0 Å². The molecular weight excluding hydrogens is 358 g/mol. The molecule has 0 fully saturated rings. The average molecular weight is 379 g/mol. The van der Waals surface area contributed by atoms with Crippen LogP contribution in [-0.2, 0) is 16.0 Å². The van der Waals surface area contributed by atoms with Gasteiger partial charge in [0.2, 0.25) is 5.91 Å². The van der Waals surface area contributed by atoms with E-state index in [0.717, 1.165) is 10.8 Å². The Hall–Kier alpha value is -3.61. The molecule has 0 radical (unpaired) electrons. The Morgan fingerprint density at radius 2 is 1.82 bits per heavy atom. The number of carbonyl (C=O) groups excluding carboxylic acids is 2. The number of hydrogen-bond donors (Lipinski definition) is 2. The summed E-state index contributed by atoms with van der Waals surface area (Å²) in [6.07, 6.45) is 0.763. The van der Waals surface area contributed by atoms with Crippen molar-refractivity contribution in [3.8, 4) is 11.5 Å². The summed E-state index contributed by atoms with van der Waals surface area (Å²) in [5.74, 6) is 0.209. The van der Waals surface area contributed by atoms with Crippen LogP contribution >= 0.6 is 0 Å². The van der Waals surface area contributed by atoms with Crippen LogP contribution in [-0.4, -0.2) is 30.0 Å². The molecule has 0 aliphatic carbocycles. The van der Waals surface area contributed by atoms with Gasteiger partial charge in [-0.2, -0.15) is 0 Å². The van der Waals surface area contributed by atoms with Crippen LogP contribution in [0.4, 0.5) is 0 Å². The molecule has 1 heterocycles. The molecule has 3 aromatic rings. The highest BCUT2D eigenvalue weighted by molar-refractivity contribution is 5.86. The molecule has 0 aliphatic rings. The Morgan fingerprint density at radius 1 is 1.04 bits per heavy atom. The first-order chi connectivity index (χ1) is 13.6. The summed E-state index contributed by atoms with van der Waals surface area (Å²) in [4.78, 5) is 28.4. The van der Waals surface area contributed by atoms with Crippen molar-refractivity contribution in [2.45, 2.75) is 19.4 Å². The van der Waals surface area contributed by atoms with E-state index in [2.05, 4.69) is 15.8 Å². The molecular formula is C21H21N3O4. The van der Waals surface area contributed by atoms with Crippen LogP contribution in [0.1, 0.15) is 12.6 Å². The molecule has 3 rings (SSSR count). The molecule has 2 amide bonds. The Balaban J connectivity index is 1.52. The van der Waals surface area contributed by atoms with Gasteiger partial charge in [-0.05, 0) is 42.0 Å². The highest BCUT2D eigenvalue weighted by Gasteiger charge is 2.16. The largest absolute Gasteiger partial charge is 0.495 e. The number of benzene rings is 2. The van der Waals surface area contributed by atoms with Gasteiger partial charge in [0.15, 0.2) is 6.10 Å². The fourth-order valence-corrected chi connectivity index (χ4v) is 2.67. The van der Waals surface area contributed by atoms with Crippen LogP contribution in [0.3, 0.4) is 0 Å². The number of pyridine rings is 1. The fraction of sp³-hybridized carbons (Fsp3) is 0.190. The maximum Gasteiger partial charge on any atom is 0.279 e. The third-order valence-electron chi connectivity index (χ3n) is 4.12. The first-order valence-electron chi connectivity index (χ1n) is 8.79. The summed E-state index contributed by atoms with van der Waals surface area (Å²) in [5, 5.41) is 2.11. The predicted octanol–water partition coefficient (Wildman–Crippen LogP) is 2.40. The van der Waals surface area contributed by atoms with E-state index in [-0.39, 0.29) is 6.42 Å². The second kappa shape index (κ2) is 8.85. The molecule has 2 N–H and O–H groups in total. The third kappa shape index (κ3) is 4.76. The normalized spacial score (nSPS) is 11.5. The van der Waals surface area contributed by atoms with Crippen LogP contribution in [0.15, 0.2) is 60.8 Å². The van der Waals surface area contributed by atoms with E-state index in [1.165, 1.54) is 7.11 Å². The molecule has 0 spiro atoms. The van der Waals surface area contributed by atoms with Gasteiger partial charge in [-0.15, -0.1) is 0 Å². The summed E-state index contributed by atoms with van der Waals surface area (Å²) in [6, 6.07) is 16.9. The standard InChI is InChI=1S/C21H21N3O4/c1-14(28-17-10-9-15-6-3-4-7-16(15)12-17)21(26)24-23-20(25)13-18-19(27-2)8-5-11-22-18/h3-12,14H,13H2,1-2H3,(H,23,25)(H,24,26)/t14-/m1/s1. The number of rotatable bonds is 6. The molecule has 7 heteroatoms. The highest BCUT2D eigenvalue weighted by Crippen LogP contribution is 2.21. The summed E-state index contributed by atoms with van der Waals surface area (Å²) >= 11 is 0. The van der Waals surface area contributed by atoms with Gasteiger partial charge in [0.25, 0.3) is 5.91 Å². The zero-order chi connectivity index (χ0) is 19.9. The molecule has 0 unspecified atom stereocenters. The van der Waals surface area contributed by atoms with Gasteiger partial charge in [0.1, 0.15) is 11.5 Å². The minimum Gasteiger partial charge on any atom is -0.495 e. The number of nitrogens with one attached hydrogen (secondary N) is 2. The van der Waals surface area contributed by atoms with Gasteiger partial charge in [-0.1, -0.05) is 30.3 Å². The van der Waals surface area contributed by atoms with E-state index in [1.807, 2.05) is 36.4 Å². The van der Waals surface area contributed by atoms with Crippen LogP contribution in [0.25, 0.3) is 10.8 Å². The number of amides is 2. The first kappa shape index (κ1) is 19.2. The zero-order valence-corrected chi connectivity index (χ0v) is 15.6. The molecule has 144 valence electrons. The Labute approximate surface area is 162 Å². The molecule has 0 saturated heterocycles. The van der Waals surface area contributed by atoms with E-state index in [4.69, 9.17) is 9.47 Å². The third-order valence-corrected chi connectivity index (χ3v) is 4.12. The van der Waals surface area contributed by atoms with Crippen LogP contribution in [0.2, 0.25) is 0 Å². The zero-order valence-electron chi connectivity index (χ0n) is 15.6. The Morgan fingerprint density at radius 3 is 2.61 bits per heavy atom. The van der Waals surface area contributed by atoms with Crippen LogP contribution < -0.4 is 20.3 Å². The summed E-state index contributed by atoms with van der Waals surface area (Å²) in [7, 11) is 1.51. The molecule has 1 atom stereocenters. The molecule has 0 aliphatic heterocycles. The molecule has 2 aromatic carbocycles. The lowest BCUT2D eigenvalue weighted by Gasteiger charge is -2.15. The minimum absolute atomic E-state index is 0.0236. The van der Waals surface area contributed by atoms with Crippen LogP contribution in [0, 0.1) is 0 Å². The summed E-state index contributed by atoms with van der Waals surface area (Å²) in [5.41, 5.74) is 5.21. The lowest BCUT2D eigenvalue weighted by Crippen LogP contribution is -2.47. The number of nitrogens with zero attached hydrogens (tertiary/aromatic N) is 1. The fourth-order valence-electron chi connectivity index (χ4n) is 2.67. The van der Waals surface area contributed by atoms with Crippen molar-refractivity contribution >= 4 is 22.6 Å². The minimum atomic E-state index is -0.786. The molecule has 1 aromatic heterocycles. The van der Waals surface area contributed by atoms with Crippen molar-refractivity contribution in [3.05, 3.63) is 66.5 Å². The number of ether oxygens (including phenoxy) is 2. The molecule has 0 bridgehead atoms. The van der Waals surface area contributed by atoms with Crippen molar-refractivity contribution < 1.29 is 19.1 Å². The number of methoxy groups -OCH3 is 1. The maximum atomic E-state index is 12.2. The lowest BCUT2D eigenvalue weighted by atomic mass is 10.1. The monoisotopic (exact) mass is 379 g/mol. The van der Waals surface area contributed by atoms with Crippen molar-refractivity contribution in [1.82, 2.24) is 15.8 Å². The smallest absolute Gasteiger partial charge is 0.279 e. The number of hydrazine groups is 1. The molecule has 0 saturated carbocycles. The van der Waals surface area contributed by atoms with E-state index < -0.39 is 17.9 Å². The summed E-state index contributed by atoms with van der Waals surface area (Å²) < 4.78 is 10.8. The topological polar surface area (TPSA) is 89.5 Å². The Bertz CT molecular complexity index is 990. The van der Waals surface area contributed by atoms with Gasteiger partial charge < -0.3 is 9.47 Å². The number of carbonyl (C=O) groups is 2. The SMILES string of the molecule is COc1cccnc1CC(=O)NNC(=O)[C@@H](C)Oc1ccc2ccccc2c1. The van der Waals surface area contributed by atoms with E-state index in [1.54, 1.807) is 31.3 Å². The van der Waals surface area contributed by atoms with E-state index in [0.29, 0.717) is 17.2 Å². The number of aromatic nitrogens is 1. The second-order valence-electron chi connectivity index (χ2n) is 6.14. The van der Waals surface area contributed by atoms with Gasteiger partial charge >= 0.3 is 0 Å². The van der Waals surface area contributed by atoms with Gasteiger partial charge in [0.05, 0.1) is 19.2 Å². The van der Waals surface area contributed by atoms with Gasteiger partial charge in [-0.3, -0.25) is 25.4 Å². The molecule has 28 heavy (non-hydrogen) atoms. The van der Waals surface area contributed by atoms with Crippen LogP contribution in [0.5, 0.6) is 11.5 Å². The van der Waals surface area contributed by atoms with Crippen molar-refractivity contribution in [1.29, 1.82) is 0 Å². The van der Waals surface area contributed by atoms with Gasteiger partial charge in [0, 0.05) is 6.20 Å². The summed E-state index contributed by atoms with van der Waals surface area (Å²) in [6.45, 7) is 1.61. The maximum absolute atomic E-state index is 12.2. The number of fused-ring (bicyclic) bond motifs is 1. The predicted molar refractivity (Wildman–Crippen MR) is 105 cm³/mol. The first-order valence-corrected chi connectivity index (χ1v) is 8.79. The van der Waals surface area contributed by atoms with Crippen molar-refractivity contribution in [3.63, 3.8) is 0 Å². The van der Waals surface area contributed by atoms with Crippen molar-refractivity contribution in [2.75, 3.05) is 7.11 Å². The van der Waals surface area contributed by atoms with E-state index >= 15 is 0 Å². The quantitative estimate of drug-likeness (QED) is 0.642. The Kier molecular flexibility index (Phi) is 6.06. The highest BCUT2D eigenvalue weighted by atomic mass is 16.5. The van der Waals surface area contributed by atoms with E-state index in [9.17, 15) is 9.59 Å². The average Bonchev–Trinajstić information content (AvgIpc) is 2.72. The lowest BCUT2D eigenvalue weighted by molar-refractivity contribution is -0.132. The van der Waals surface area contributed by atoms with Gasteiger partial charge in [-0.25, -0.2) is 0 Å².